The number of carboxylic acid groups (broad SMARTS) is 2. The first-order chi connectivity index (χ1) is 19.1. The van der Waals surface area contributed by atoms with Crippen molar-refractivity contribution in [1.82, 2.24) is 4.90 Å². The van der Waals surface area contributed by atoms with Gasteiger partial charge in [0.05, 0.1) is 5.56 Å². The molecule has 0 saturated heterocycles. The molecule has 4 rings (SSSR count). The Morgan fingerprint density at radius 1 is 0.950 bits per heavy atom. The second-order valence-corrected chi connectivity index (χ2v) is 11.8. The van der Waals surface area contributed by atoms with Crippen molar-refractivity contribution in [1.29, 1.82) is 0 Å². The van der Waals surface area contributed by atoms with E-state index in [0.29, 0.717) is 18.6 Å². The van der Waals surface area contributed by atoms with Crippen LogP contribution in [0.3, 0.4) is 0 Å². The van der Waals surface area contributed by atoms with Gasteiger partial charge in [0.25, 0.3) is 0 Å². The smallest absolute Gasteiger partial charge is 0.335 e. The van der Waals surface area contributed by atoms with Crippen molar-refractivity contribution in [3.63, 3.8) is 0 Å². The van der Waals surface area contributed by atoms with Gasteiger partial charge in [0.1, 0.15) is 12.4 Å². The number of aromatic carboxylic acids is 1. The van der Waals surface area contributed by atoms with E-state index < -0.39 is 11.9 Å². The van der Waals surface area contributed by atoms with Crippen LogP contribution in [0.2, 0.25) is 0 Å². The van der Waals surface area contributed by atoms with Crippen LogP contribution in [0.15, 0.2) is 66.7 Å². The highest BCUT2D eigenvalue weighted by Crippen LogP contribution is 2.37. The maximum atomic E-state index is 11.5. The van der Waals surface area contributed by atoms with Gasteiger partial charge in [-0.3, -0.25) is 9.69 Å². The molecule has 0 amide bonds. The Balaban J connectivity index is 1.45. The Kier molecular flexibility index (Phi) is 9.64. The van der Waals surface area contributed by atoms with E-state index in [9.17, 15) is 14.7 Å². The molecule has 2 N–H and O–H groups in total. The highest BCUT2D eigenvalue weighted by Gasteiger charge is 2.28. The Labute approximate surface area is 237 Å². The van der Waals surface area contributed by atoms with Gasteiger partial charge in [0.15, 0.2) is 0 Å². The maximum absolute atomic E-state index is 11.5. The number of fused-ring (bicyclic) bond motifs is 1. The number of ether oxygens (including phenoxy) is 1. The molecule has 40 heavy (non-hydrogen) atoms. The lowest BCUT2D eigenvalue weighted by Crippen LogP contribution is -2.31. The van der Waals surface area contributed by atoms with Crippen molar-refractivity contribution in [2.24, 2.45) is 0 Å². The number of benzene rings is 3. The number of hydrogen-bond acceptors (Lipinski definition) is 4. The molecule has 1 aliphatic rings. The normalized spacial score (nSPS) is 14.8. The molecule has 1 unspecified atom stereocenters. The second-order valence-electron chi connectivity index (χ2n) is 11.8. The zero-order valence-corrected chi connectivity index (χ0v) is 23.9. The van der Waals surface area contributed by atoms with Gasteiger partial charge in [-0.05, 0) is 90.1 Å². The maximum Gasteiger partial charge on any atom is 0.335 e. The molecule has 6 nitrogen and oxygen atoms in total. The lowest BCUT2D eigenvalue weighted by Gasteiger charge is -2.30. The van der Waals surface area contributed by atoms with Crippen molar-refractivity contribution in [3.05, 3.63) is 100 Å². The first-order valence-corrected chi connectivity index (χ1v) is 14.2. The summed E-state index contributed by atoms with van der Waals surface area (Å²) in [7, 11) is 0. The van der Waals surface area contributed by atoms with Gasteiger partial charge in [0, 0.05) is 19.0 Å². The molecule has 6 heteroatoms. The predicted octanol–water partition coefficient (Wildman–Crippen LogP) is 7.05. The van der Waals surface area contributed by atoms with Crippen LogP contribution in [0, 0.1) is 0 Å². The third kappa shape index (κ3) is 7.72. The van der Waals surface area contributed by atoms with Gasteiger partial charge in [-0.2, -0.15) is 0 Å². The predicted molar refractivity (Wildman–Crippen MR) is 157 cm³/mol. The number of rotatable bonds is 13. The average molecular weight is 544 g/mol. The molecule has 3 aromatic rings. The van der Waals surface area contributed by atoms with Gasteiger partial charge < -0.3 is 14.9 Å². The van der Waals surface area contributed by atoms with E-state index in [-0.39, 0.29) is 17.9 Å². The number of hydrogen-bond donors (Lipinski definition) is 2. The van der Waals surface area contributed by atoms with E-state index in [1.165, 1.54) is 11.1 Å². The van der Waals surface area contributed by atoms with E-state index in [4.69, 9.17) is 9.84 Å². The number of aliphatic carboxylic acids is 1. The molecular formula is C34H41NO5. The number of para-hydroxylation sites is 1. The van der Waals surface area contributed by atoms with E-state index in [1.807, 2.05) is 24.3 Å². The van der Waals surface area contributed by atoms with Crippen LogP contribution >= 0.6 is 0 Å². The molecule has 0 fully saturated rings. The van der Waals surface area contributed by atoms with Crippen LogP contribution in [0.1, 0.15) is 90.7 Å². The van der Waals surface area contributed by atoms with Crippen LogP contribution in [0.4, 0.5) is 0 Å². The molecule has 212 valence electrons. The van der Waals surface area contributed by atoms with E-state index in [1.54, 1.807) is 12.1 Å². The van der Waals surface area contributed by atoms with Crippen molar-refractivity contribution >= 4 is 11.9 Å². The summed E-state index contributed by atoms with van der Waals surface area (Å²) in [6.45, 7) is 8.73. The zero-order valence-electron chi connectivity index (χ0n) is 23.9. The second kappa shape index (κ2) is 13.1. The van der Waals surface area contributed by atoms with Crippen LogP contribution in [-0.4, -0.2) is 40.1 Å². The van der Waals surface area contributed by atoms with Crippen LogP contribution in [0.5, 0.6) is 5.75 Å². The minimum Gasteiger partial charge on any atom is -0.489 e. The topological polar surface area (TPSA) is 87.1 Å². The summed E-state index contributed by atoms with van der Waals surface area (Å²) in [5.74, 6) is -0.789. The third-order valence-corrected chi connectivity index (χ3v) is 7.82. The summed E-state index contributed by atoms with van der Waals surface area (Å²) in [5, 5.41) is 18.5. The Morgan fingerprint density at radius 2 is 1.70 bits per heavy atom. The molecular weight excluding hydrogens is 502 g/mol. The molecule has 1 aliphatic carbocycles. The van der Waals surface area contributed by atoms with Crippen LogP contribution in [0.25, 0.3) is 0 Å². The highest BCUT2D eigenvalue weighted by atomic mass is 16.5. The van der Waals surface area contributed by atoms with E-state index in [2.05, 4.69) is 56.0 Å². The third-order valence-electron chi connectivity index (χ3n) is 7.82. The highest BCUT2D eigenvalue weighted by molar-refractivity contribution is 5.88. The summed E-state index contributed by atoms with van der Waals surface area (Å²) in [5.41, 5.74) is 6.30. The summed E-state index contributed by atoms with van der Waals surface area (Å²) < 4.78 is 6.28. The van der Waals surface area contributed by atoms with Crippen molar-refractivity contribution in [3.8, 4) is 5.75 Å². The fourth-order valence-corrected chi connectivity index (χ4v) is 5.50. The Morgan fingerprint density at radius 3 is 2.40 bits per heavy atom. The number of unbranched alkanes of at least 4 members (excludes halogenated alkanes) is 1. The fraction of sp³-hybridized carbons (Fsp3) is 0.412. The molecule has 0 heterocycles. The lowest BCUT2D eigenvalue weighted by atomic mass is 9.87. The molecule has 0 aliphatic heterocycles. The molecule has 0 bridgehead atoms. The number of carbonyl (C=O) groups is 2. The molecule has 0 radical (unpaired) electrons. The minimum absolute atomic E-state index is 0.115. The Hall–Kier alpha value is -3.64. The summed E-state index contributed by atoms with van der Waals surface area (Å²) in [6, 6.07) is 22.4. The molecule has 1 atom stereocenters. The quantitative estimate of drug-likeness (QED) is 0.225. The van der Waals surface area contributed by atoms with Crippen LogP contribution < -0.4 is 4.74 Å². The standard InChI is InChI=1S/C34H41NO5/c1-34(2,3)28-15-11-24(12-16-28)23-40-31-9-5-4-8-25(31)19-21-35(20-7-6-10-32(36)37)30-18-14-26-22-27(33(38)39)13-17-29(26)30/h4-5,8-9,11-13,15-17,22,30H,6-7,10,14,18-21,23H2,1-3H3,(H,36,37)(H,38,39). The van der Waals surface area contributed by atoms with Crippen molar-refractivity contribution in [2.45, 2.75) is 77.4 Å². The first-order valence-electron chi connectivity index (χ1n) is 14.2. The molecule has 3 aromatic carbocycles. The van der Waals surface area contributed by atoms with Crippen molar-refractivity contribution < 1.29 is 24.5 Å². The Bertz CT molecular complexity index is 1310. The summed E-state index contributed by atoms with van der Waals surface area (Å²) in [6.07, 6.45) is 4.19. The number of aryl methyl sites for hydroxylation is 1. The van der Waals surface area contributed by atoms with Crippen molar-refractivity contribution in [2.75, 3.05) is 13.1 Å². The van der Waals surface area contributed by atoms with Gasteiger partial charge in [-0.1, -0.05) is 69.3 Å². The number of carboxylic acids is 2. The average Bonchev–Trinajstić information content (AvgIpc) is 3.35. The monoisotopic (exact) mass is 543 g/mol. The zero-order chi connectivity index (χ0) is 28.7. The fourth-order valence-electron chi connectivity index (χ4n) is 5.50. The minimum atomic E-state index is -0.904. The van der Waals surface area contributed by atoms with Gasteiger partial charge in [0.2, 0.25) is 0 Å². The van der Waals surface area contributed by atoms with Gasteiger partial charge in [-0.25, -0.2) is 4.79 Å². The first kappa shape index (κ1) is 29.3. The van der Waals surface area contributed by atoms with Gasteiger partial charge in [-0.15, -0.1) is 0 Å². The SMILES string of the molecule is CC(C)(C)c1ccc(COc2ccccc2CCN(CCCCC(=O)O)C2CCc3cc(C(=O)O)ccc32)cc1. The van der Waals surface area contributed by atoms with Gasteiger partial charge >= 0.3 is 11.9 Å². The van der Waals surface area contributed by atoms with Crippen LogP contribution in [-0.2, 0) is 29.7 Å². The summed E-state index contributed by atoms with van der Waals surface area (Å²) >= 11 is 0. The van der Waals surface area contributed by atoms with E-state index in [0.717, 1.165) is 61.2 Å². The largest absolute Gasteiger partial charge is 0.489 e. The molecule has 0 saturated carbocycles. The van der Waals surface area contributed by atoms with E-state index >= 15 is 0 Å². The lowest BCUT2D eigenvalue weighted by molar-refractivity contribution is -0.137. The molecule has 0 aromatic heterocycles. The summed E-state index contributed by atoms with van der Waals surface area (Å²) in [4.78, 5) is 25.0. The number of nitrogens with zero attached hydrogens (tertiary/aromatic N) is 1. The molecule has 0 spiro atoms.